The lowest BCUT2D eigenvalue weighted by Crippen LogP contribution is -2.48. The molecule has 5 nitrogen and oxygen atoms in total. The molecule has 0 bridgehead atoms. The Kier molecular flexibility index (Phi) is 6.01. The van der Waals surface area contributed by atoms with Gasteiger partial charge < -0.3 is 15.0 Å². The Bertz CT molecular complexity index is 773. The highest BCUT2D eigenvalue weighted by atomic mass is 35.5. The van der Waals surface area contributed by atoms with E-state index < -0.39 is 0 Å². The number of rotatable bonds is 5. The van der Waals surface area contributed by atoms with Gasteiger partial charge in [0.1, 0.15) is 5.75 Å². The number of hydrogen-bond acceptors (Lipinski definition) is 4. The Hall–Kier alpha value is -2.24. The minimum atomic E-state index is 0.00486. The van der Waals surface area contributed by atoms with Crippen LogP contribution in [0.2, 0.25) is 5.02 Å². The van der Waals surface area contributed by atoms with E-state index in [1.165, 1.54) is 0 Å². The van der Waals surface area contributed by atoms with Crippen molar-refractivity contribution >= 4 is 28.9 Å². The predicted octanol–water partition coefficient (Wildman–Crippen LogP) is 3.42. The summed E-state index contributed by atoms with van der Waals surface area (Å²) < 4.78 is 5.29. The number of amides is 1. The van der Waals surface area contributed by atoms with E-state index in [0.29, 0.717) is 11.6 Å². The van der Waals surface area contributed by atoms with Gasteiger partial charge in [-0.05, 0) is 42.8 Å². The molecule has 1 amide bonds. The molecule has 0 spiro atoms. The Morgan fingerprint density at radius 2 is 1.92 bits per heavy atom. The highest BCUT2D eigenvalue weighted by molar-refractivity contribution is 6.30. The normalized spacial score (nSPS) is 15.0. The summed E-state index contributed by atoms with van der Waals surface area (Å²) in [6, 6.07) is 13.6. The average molecular weight is 374 g/mol. The molecule has 3 rings (SSSR count). The number of nitrogens with one attached hydrogen (secondary N) is 1. The number of ether oxygens (including phenoxy) is 1. The molecule has 1 aliphatic heterocycles. The molecule has 26 heavy (non-hydrogen) atoms. The maximum atomic E-state index is 12.3. The summed E-state index contributed by atoms with van der Waals surface area (Å²) >= 11 is 5.96. The molecule has 6 heteroatoms. The summed E-state index contributed by atoms with van der Waals surface area (Å²) in [5, 5.41) is 3.65. The molecular weight excluding hydrogens is 350 g/mol. The summed E-state index contributed by atoms with van der Waals surface area (Å²) in [6.45, 7) is 5.82. The summed E-state index contributed by atoms with van der Waals surface area (Å²) in [5.74, 6) is 0.868. The number of anilines is 2. The van der Waals surface area contributed by atoms with E-state index in [9.17, 15) is 4.79 Å². The van der Waals surface area contributed by atoms with E-state index in [2.05, 4.69) is 21.2 Å². The van der Waals surface area contributed by atoms with Crippen molar-refractivity contribution in [3.8, 4) is 5.75 Å². The minimum absolute atomic E-state index is 0.00486. The van der Waals surface area contributed by atoms with E-state index >= 15 is 0 Å². The van der Waals surface area contributed by atoms with Crippen LogP contribution in [0.4, 0.5) is 11.4 Å². The average Bonchev–Trinajstić information content (AvgIpc) is 2.65. The third kappa shape index (κ3) is 4.68. The maximum absolute atomic E-state index is 12.3. The number of benzene rings is 2. The van der Waals surface area contributed by atoms with Crippen LogP contribution in [0.3, 0.4) is 0 Å². The number of halogens is 1. The molecule has 2 aromatic carbocycles. The second kappa shape index (κ2) is 8.43. The fraction of sp³-hybridized carbons (Fsp3) is 0.350. The van der Waals surface area contributed by atoms with Gasteiger partial charge in [0.2, 0.25) is 5.91 Å². The second-order valence-corrected chi connectivity index (χ2v) is 6.91. The van der Waals surface area contributed by atoms with E-state index in [4.69, 9.17) is 16.3 Å². The molecule has 1 N–H and O–H groups in total. The summed E-state index contributed by atoms with van der Waals surface area (Å²) in [4.78, 5) is 16.8. The maximum Gasteiger partial charge on any atom is 0.238 e. The highest BCUT2D eigenvalue weighted by Gasteiger charge is 2.19. The van der Waals surface area contributed by atoms with Crippen molar-refractivity contribution in [3.63, 3.8) is 0 Å². The second-order valence-electron chi connectivity index (χ2n) is 6.47. The van der Waals surface area contributed by atoms with Crippen molar-refractivity contribution in [1.29, 1.82) is 0 Å². The van der Waals surface area contributed by atoms with Crippen LogP contribution in [-0.4, -0.2) is 50.6 Å². The van der Waals surface area contributed by atoms with Gasteiger partial charge in [-0.15, -0.1) is 0 Å². The van der Waals surface area contributed by atoms with E-state index in [0.717, 1.165) is 48.9 Å². The van der Waals surface area contributed by atoms with Crippen molar-refractivity contribution in [1.82, 2.24) is 4.90 Å². The number of nitrogens with zero attached hydrogens (tertiary/aromatic N) is 2. The summed E-state index contributed by atoms with van der Waals surface area (Å²) in [5.41, 5.74) is 2.94. The largest absolute Gasteiger partial charge is 0.497 e. The lowest BCUT2D eigenvalue weighted by atomic mass is 10.2. The van der Waals surface area contributed by atoms with E-state index in [-0.39, 0.29) is 5.91 Å². The molecular formula is C20H24ClN3O2. The first-order valence-electron chi connectivity index (χ1n) is 8.72. The van der Waals surface area contributed by atoms with Crippen LogP contribution in [0.5, 0.6) is 5.75 Å². The Balaban J connectivity index is 1.51. The lowest BCUT2D eigenvalue weighted by molar-refractivity contribution is -0.117. The minimum Gasteiger partial charge on any atom is -0.497 e. The van der Waals surface area contributed by atoms with Crippen LogP contribution in [0.25, 0.3) is 0 Å². The third-order valence-corrected chi connectivity index (χ3v) is 4.86. The van der Waals surface area contributed by atoms with Crippen LogP contribution in [0, 0.1) is 6.92 Å². The molecule has 0 aromatic heterocycles. The van der Waals surface area contributed by atoms with Crippen LogP contribution in [-0.2, 0) is 4.79 Å². The molecule has 1 fully saturated rings. The topological polar surface area (TPSA) is 44.8 Å². The van der Waals surface area contributed by atoms with Gasteiger partial charge in [0.25, 0.3) is 0 Å². The van der Waals surface area contributed by atoms with E-state index in [1.807, 2.05) is 37.3 Å². The smallest absolute Gasteiger partial charge is 0.238 e. The first kappa shape index (κ1) is 18.5. The molecule has 0 radical (unpaired) electrons. The summed E-state index contributed by atoms with van der Waals surface area (Å²) in [6.07, 6.45) is 0. The third-order valence-electron chi connectivity index (χ3n) is 4.62. The number of methoxy groups -OCH3 is 1. The van der Waals surface area contributed by atoms with Crippen molar-refractivity contribution in [3.05, 3.63) is 53.1 Å². The van der Waals surface area contributed by atoms with Crippen LogP contribution in [0.15, 0.2) is 42.5 Å². The highest BCUT2D eigenvalue weighted by Crippen LogP contribution is 2.22. The van der Waals surface area contributed by atoms with Crippen LogP contribution < -0.4 is 15.0 Å². The van der Waals surface area contributed by atoms with Gasteiger partial charge in [-0.25, -0.2) is 0 Å². The SMILES string of the molecule is COc1cccc(N2CCN(CC(=O)Nc3ccc(Cl)cc3C)CC2)c1. The van der Waals surface area contributed by atoms with Gasteiger partial charge in [0.05, 0.1) is 13.7 Å². The van der Waals surface area contributed by atoms with Crippen molar-refractivity contribution in [2.45, 2.75) is 6.92 Å². The van der Waals surface area contributed by atoms with Crippen molar-refractivity contribution in [2.24, 2.45) is 0 Å². The lowest BCUT2D eigenvalue weighted by Gasteiger charge is -2.35. The molecule has 1 saturated heterocycles. The van der Waals surface area contributed by atoms with Gasteiger partial charge >= 0.3 is 0 Å². The molecule has 1 aliphatic rings. The van der Waals surface area contributed by atoms with Gasteiger partial charge in [0, 0.05) is 48.6 Å². The zero-order chi connectivity index (χ0) is 18.5. The molecule has 0 atom stereocenters. The summed E-state index contributed by atoms with van der Waals surface area (Å²) in [7, 11) is 1.68. The van der Waals surface area contributed by atoms with Gasteiger partial charge in [0.15, 0.2) is 0 Å². The zero-order valence-corrected chi connectivity index (χ0v) is 15.9. The van der Waals surface area contributed by atoms with Crippen molar-refractivity contribution in [2.75, 3.05) is 50.1 Å². The first-order chi connectivity index (χ1) is 12.5. The van der Waals surface area contributed by atoms with Gasteiger partial charge in [-0.1, -0.05) is 17.7 Å². The van der Waals surface area contributed by atoms with Gasteiger partial charge in [-0.2, -0.15) is 0 Å². The molecule has 0 unspecified atom stereocenters. The molecule has 1 heterocycles. The van der Waals surface area contributed by atoms with E-state index in [1.54, 1.807) is 13.2 Å². The number of piperazine rings is 1. The monoisotopic (exact) mass is 373 g/mol. The first-order valence-corrected chi connectivity index (χ1v) is 9.10. The Morgan fingerprint density at radius 3 is 2.62 bits per heavy atom. The van der Waals surface area contributed by atoms with Gasteiger partial charge in [-0.3, -0.25) is 9.69 Å². The number of hydrogen-bond donors (Lipinski definition) is 1. The predicted molar refractivity (Wildman–Crippen MR) is 106 cm³/mol. The zero-order valence-electron chi connectivity index (χ0n) is 15.2. The Labute approximate surface area is 159 Å². The standard InChI is InChI=1S/C20H24ClN3O2/c1-15-12-16(21)6-7-19(15)22-20(25)14-23-8-10-24(11-9-23)17-4-3-5-18(13-17)26-2/h3-7,12-13H,8-11,14H2,1-2H3,(H,22,25). The fourth-order valence-electron chi connectivity index (χ4n) is 3.13. The van der Waals surface area contributed by atoms with Crippen molar-refractivity contribution < 1.29 is 9.53 Å². The van der Waals surface area contributed by atoms with Crippen LogP contribution in [0.1, 0.15) is 5.56 Å². The fourth-order valence-corrected chi connectivity index (χ4v) is 3.36. The molecule has 138 valence electrons. The van der Waals surface area contributed by atoms with Crippen LogP contribution >= 0.6 is 11.6 Å². The molecule has 0 saturated carbocycles. The quantitative estimate of drug-likeness (QED) is 0.872. The Morgan fingerprint density at radius 1 is 1.15 bits per heavy atom. The molecule has 0 aliphatic carbocycles. The number of aryl methyl sites for hydroxylation is 1. The number of carbonyl (C=O) groups is 1. The molecule has 2 aromatic rings. The number of carbonyl (C=O) groups excluding carboxylic acids is 1.